The van der Waals surface area contributed by atoms with Gasteiger partial charge >= 0.3 is 0 Å². The number of pyridine rings is 4. The first-order chi connectivity index (χ1) is 25.7. The molecule has 0 aliphatic rings. The maximum Gasteiger partial charge on any atom is 0.216 e. The Kier molecular flexibility index (Phi) is 10.3. The second kappa shape index (κ2) is 15.3. The Morgan fingerprint density at radius 3 is 2.13 bits per heavy atom. The largest absolute Gasteiger partial charge is 0.486 e. The topological polar surface area (TPSA) is 64.7 Å². The predicted molar refractivity (Wildman–Crippen MR) is 217 cm³/mol. The molecular weight excluding hydrogens is 841 g/mol. The summed E-state index contributed by atoms with van der Waals surface area (Å²) in [6.45, 7) is 12.4. The number of aryl methyl sites for hydroxylation is 6. The third-order valence-corrected chi connectivity index (χ3v) is 9.69. The van der Waals surface area contributed by atoms with Crippen LogP contribution in [0.3, 0.4) is 0 Å². The van der Waals surface area contributed by atoms with Crippen LogP contribution in [0.5, 0.6) is 0 Å². The van der Waals surface area contributed by atoms with Gasteiger partial charge in [0.05, 0.1) is 11.1 Å². The van der Waals surface area contributed by atoms with Crippen molar-refractivity contribution < 1.29 is 24.5 Å². The summed E-state index contributed by atoms with van der Waals surface area (Å²) in [5, 5.41) is 3.16. The average molecular weight is 879 g/mol. The molecule has 0 saturated heterocycles. The minimum Gasteiger partial charge on any atom is -0.486 e. The zero-order chi connectivity index (χ0) is 36.6. The molecule has 0 unspecified atom stereocenters. The molecule has 5 heterocycles. The number of benzene rings is 4. The van der Waals surface area contributed by atoms with E-state index in [9.17, 15) is 0 Å². The van der Waals surface area contributed by atoms with E-state index < -0.39 is 0 Å². The van der Waals surface area contributed by atoms with Crippen LogP contribution >= 0.6 is 0 Å². The van der Waals surface area contributed by atoms with Crippen molar-refractivity contribution in [1.29, 1.82) is 0 Å². The second-order valence-electron chi connectivity index (χ2n) is 13.7. The van der Waals surface area contributed by atoms with Crippen LogP contribution in [-0.4, -0.2) is 19.9 Å². The number of hydrogen-bond acceptors (Lipinski definition) is 5. The van der Waals surface area contributed by atoms with Gasteiger partial charge in [0, 0.05) is 54.7 Å². The summed E-state index contributed by atoms with van der Waals surface area (Å²) < 4.78 is 6.20. The fourth-order valence-corrected chi connectivity index (χ4v) is 6.79. The van der Waals surface area contributed by atoms with E-state index in [1.165, 1.54) is 33.4 Å². The van der Waals surface area contributed by atoms with Crippen LogP contribution in [0.25, 0.3) is 77.7 Å². The van der Waals surface area contributed by atoms with Gasteiger partial charge in [-0.05, 0) is 110 Å². The molecule has 0 N–H and O–H groups in total. The van der Waals surface area contributed by atoms with Crippen molar-refractivity contribution in [1.82, 2.24) is 19.9 Å². The summed E-state index contributed by atoms with van der Waals surface area (Å²) >= 11 is 0. The third-order valence-electron chi connectivity index (χ3n) is 9.69. The van der Waals surface area contributed by atoms with Gasteiger partial charge in [0.15, 0.2) is 0 Å². The molecule has 5 aromatic heterocycles. The van der Waals surface area contributed by atoms with E-state index in [-0.39, 0.29) is 20.1 Å². The van der Waals surface area contributed by atoms with Gasteiger partial charge < -0.3 is 14.4 Å². The Labute approximate surface area is 329 Å². The molecule has 0 amide bonds. The molecule has 1 radical (unpaired) electrons. The molecule has 6 heteroatoms. The van der Waals surface area contributed by atoms with E-state index in [1.807, 2.05) is 69.6 Å². The van der Waals surface area contributed by atoms with E-state index in [1.54, 1.807) is 0 Å². The van der Waals surface area contributed by atoms with Gasteiger partial charge in [-0.3, -0.25) is 4.98 Å². The summed E-state index contributed by atoms with van der Waals surface area (Å²) in [7, 11) is 0. The van der Waals surface area contributed by atoms with Gasteiger partial charge in [-0.25, -0.2) is 4.98 Å². The molecule has 54 heavy (non-hydrogen) atoms. The molecule has 267 valence electrons. The molecule has 0 fully saturated rings. The number of rotatable bonds is 4. The molecule has 0 aliphatic carbocycles. The van der Waals surface area contributed by atoms with Crippen molar-refractivity contribution in [3.8, 4) is 44.8 Å². The molecule has 0 spiro atoms. The van der Waals surface area contributed by atoms with Crippen LogP contribution in [-0.2, 0) is 20.1 Å². The molecule has 0 saturated carbocycles. The van der Waals surface area contributed by atoms with Crippen molar-refractivity contribution in [3.63, 3.8) is 0 Å². The van der Waals surface area contributed by atoms with E-state index in [4.69, 9.17) is 9.40 Å². The van der Waals surface area contributed by atoms with Gasteiger partial charge in [0.2, 0.25) is 5.71 Å². The number of aromatic nitrogens is 4. The van der Waals surface area contributed by atoms with Gasteiger partial charge in [0.25, 0.3) is 0 Å². The maximum atomic E-state index is 6.20. The van der Waals surface area contributed by atoms with Crippen molar-refractivity contribution in [3.05, 3.63) is 167 Å². The second-order valence-corrected chi connectivity index (χ2v) is 13.7. The molecule has 9 rings (SSSR count). The Morgan fingerprint density at radius 2 is 1.33 bits per heavy atom. The van der Waals surface area contributed by atoms with Crippen LogP contribution in [0.1, 0.15) is 33.6 Å². The minimum atomic E-state index is 0. The van der Waals surface area contributed by atoms with Gasteiger partial charge in [-0.1, -0.05) is 78.0 Å². The molecule has 0 aliphatic heterocycles. The molecule has 4 aromatic carbocycles. The summed E-state index contributed by atoms with van der Waals surface area (Å²) in [4.78, 5) is 18.5. The van der Waals surface area contributed by atoms with Crippen LogP contribution in [0.4, 0.5) is 0 Å². The quantitative estimate of drug-likeness (QED) is 0.165. The normalized spacial score (nSPS) is 11.0. The Bertz CT molecular complexity index is 2790. The van der Waals surface area contributed by atoms with E-state index in [0.717, 1.165) is 72.3 Å². The van der Waals surface area contributed by atoms with Crippen molar-refractivity contribution in [2.75, 3.05) is 0 Å². The fourth-order valence-electron chi connectivity index (χ4n) is 6.79. The number of furan rings is 1. The number of hydrogen-bond donors (Lipinski definition) is 0. The van der Waals surface area contributed by atoms with E-state index >= 15 is 0 Å². The summed E-state index contributed by atoms with van der Waals surface area (Å²) in [5.74, 6) is 0. The number of nitrogens with zero attached hydrogens (tertiary/aromatic N) is 4. The summed E-state index contributed by atoms with van der Waals surface area (Å²) in [5.41, 5.74) is 17.6. The Hall–Kier alpha value is -5.81. The Balaban J connectivity index is 0.000000184. The first-order valence-electron chi connectivity index (χ1n) is 17.8. The standard InChI is InChI=1S/C29H22N3O.C19H16N.Ir/c1-16-12-26-20(10-8-18(3)31-26)13-24(16)25-14-27(30-15-17(25)2)23-7-5-6-21-22-11-9-19(4)32-29(22)33-28(21)23;1-14-8-11-19(20-13-14)17-10-9-15(2)18(12-17)16-6-4-3-5-7-16;/h5-6,8-15H,1-4H3;3-9,11-13H,1-2H3;/q2*-1;. The minimum absolute atomic E-state index is 0. The first kappa shape index (κ1) is 36.5. The van der Waals surface area contributed by atoms with E-state index in [2.05, 4.69) is 121 Å². The van der Waals surface area contributed by atoms with Gasteiger partial charge in [0.1, 0.15) is 0 Å². The smallest absolute Gasteiger partial charge is 0.216 e. The SMILES string of the molecule is Cc1ccc(-c2[c-]cc(C)c(-c3ccccc3)c2)nc1.Cc1ccc2cc(-c3cc(-c4[c-]ccc5c4oc4nc(C)ccc45)ncc3C)c(C)cc2n1.[Ir]. The molecule has 0 bridgehead atoms. The molecule has 0 atom stereocenters. The first-order valence-corrected chi connectivity index (χ1v) is 17.8. The van der Waals surface area contributed by atoms with Crippen molar-refractivity contribution in [2.45, 2.75) is 41.5 Å². The summed E-state index contributed by atoms with van der Waals surface area (Å²) in [6, 6.07) is 44.2. The van der Waals surface area contributed by atoms with Gasteiger partial charge in [-0.15, -0.1) is 47.5 Å². The monoisotopic (exact) mass is 879 g/mol. The summed E-state index contributed by atoms with van der Waals surface area (Å²) in [6.07, 6.45) is 3.82. The van der Waals surface area contributed by atoms with E-state index in [0.29, 0.717) is 5.71 Å². The van der Waals surface area contributed by atoms with Crippen LogP contribution in [0, 0.1) is 53.7 Å². The Morgan fingerprint density at radius 1 is 0.574 bits per heavy atom. The van der Waals surface area contributed by atoms with Crippen LogP contribution < -0.4 is 0 Å². The zero-order valence-electron chi connectivity index (χ0n) is 31.1. The van der Waals surface area contributed by atoms with Gasteiger partial charge in [-0.2, -0.15) is 0 Å². The number of fused-ring (bicyclic) bond motifs is 4. The van der Waals surface area contributed by atoms with Crippen LogP contribution in [0.15, 0.2) is 126 Å². The fraction of sp³-hybridized carbons (Fsp3) is 0.125. The van der Waals surface area contributed by atoms with Crippen molar-refractivity contribution >= 4 is 33.0 Å². The predicted octanol–water partition coefficient (Wildman–Crippen LogP) is 12.1. The third kappa shape index (κ3) is 7.23. The molecular formula is C48H38IrN4O-2. The average Bonchev–Trinajstić information content (AvgIpc) is 3.54. The maximum absolute atomic E-state index is 6.20. The molecule has 9 aromatic rings. The molecule has 5 nitrogen and oxygen atoms in total. The van der Waals surface area contributed by atoms with Crippen molar-refractivity contribution in [2.24, 2.45) is 0 Å². The zero-order valence-corrected chi connectivity index (χ0v) is 33.5. The van der Waals surface area contributed by atoms with Crippen LogP contribution in [0.2, 0.25) is 0 Å².